The summed E-state index contributed by atoms with van der Waals surface area (Å²) in [4.78, 5) is 57.6. The first kappa shape index (κ1) is 38.6. The summed E-state index contributed by atoms with van der Waals surface area (Å²) in [5.74, 6) is -0.657. The third kappa shape index (κ3) is 7.61. The van der Waals surface area contributed by atoms with Crippen molar-refractivity contribution in [1.82, 2.24) is 34.1 Å². The second-order valence-corrected chi connectivity index (χ2v) is 16.4. The topological polar surface area (TPSA) is 136 Å². The van der Waals surface area contributed by atoms with Gasteiger partial charge in [0.25, 0.3) is 12.3 Å². The van der Waals surface area contributed by atoms with E-state index in [9.17, 15) is 32.3 Å². The van der Waals surface area contributed by atoms with E-state index in [2.05, 4.69) is 26.6 Å². The molecule has 2 aromatic carbocycles. The molecule has 0 radical (unpaired) electrons. The molecule has 300 valence electrons. The van der Waals surface area contributed by atoms with Crippen LogP contribution in [0.1, 0.15) is 117 Å². The SMILES string of the molecule is Cn1c(=O)n(C2CCC(=O)NC2=O)c2cccc(C3CCN(C[C@H]4CC[C@H](n5cc6cc(NC(=O)c7cccc(C(C)(C)F)n7)c(C(F)F)cc6n5)CC4)CC3)c21. The van der Waals surface area contributed by atoms with Crippen molar-refractivity contribution < 1.29 is 27.6 Å². The van der Waals surface area contributed by atoms with Crippen LogP contribution in [0.3, 0.4) is 0 Å². The molecule has 8 rings (SSSR count). The third-order valence-electron chi connectivity index (χ3n) is 12.2. The van der Waals surface area contributed by atoms with Gasteiger partial charge in [0, 0.05) is 37.2 Å². The van der Waals surface area contributed by atoms with Crippen molar-refractivity contribution >= 4 is 45.3 Å². The van der Waals surface area contributed by atoms with Crippen LogP contribution in [0.5, 0.6) is 0 Å². The second kappa shape index (κ2) is 15.2. The highest BCUT2D eigenvalue weighted by Gasteiger charge is 2.33. The lowest BCUT2D eigenvalue weighted by molar-refractivity contribution is -0.135. The van der Waals surface area contributed by atoms with Crippen LogP contribution in [0, 0.1) is 5.92 Å². The van der Waals surface area contributed by atoms with Crippen LogP contribution in [0.4, 0.5) is 18.9 Å². The van der Waals surface area contributed by atoms with Gasteiger partial charge in [0.05, 0.1) is 34.0 Å². The Balaban J connectivity index is 0.887. The molecule has 3 amide bonds. The van der Waals surface area contributed by atoms with Crippen molar-refractivity contribution in [1.29, 1.82) is 0 Å². The number of piperidine rings is 2. The van der Waals surface area contributed by atoms with Crippen molar-refractivity contribution in [2.24, 2.45) is 13.0 Å². The predicted molar refractivity (Wildman–Crippen MR) is 209 cm³/mol. The summed E-state index contributed by atoms with van der Waals surface area (Å²) < 4.78 is 48.0. The molecule has 3 fully saturated rings. The molecule has 2 N–H and O–H groups in total. The molecule has 0 spiro atoms. The molecule has 12 nitrogen and oxygen atoms in total. The lowest BCUT2D eigenvalue weighted by Crippen LogP contribution is -2.44. The maximum atomic E-state index is 14.5. The first-order valence-electron chi connectivity index (χ1n) is 19.8. The number of fused-ring (bicyclic) bond motifs is 2. The van der Waals surface area contributed by atoms with E-state index in [4.69, 9.17) is 5.10 Å². The molecule has 57 heavy (non-hydrogen) atoms. The van der Waals surface area contributed by atoms with Crippen LogP contribution >= 0.6 is 0 Å². The van der Waals surface area contributed by atoms with E-state index in [1.807, 2.05) is 23.0 Å². The average molecular weight is 785 g/mol. The van der Waals surface area contributed by atoms with Gasteiger partial charge in [-0.3, -0.25) is 33.5 Å². The number of hydrogen-bond acceptors (Lipinski definition) is 7. The van der Waals surface area contributed by atoms with E-state index in [0.29, 0.717) is 23.2 Å². The van der Waals surface area contributed by atoms with Gasteiger partial charge in [-0.1, -0.05) is 18.2 Å². The minimum atomic E-state index is -2.85. The normalized spacial score (nSPS) is 21.4. The number of halogens is 3. The standard InChI is InChI=1S/C42H47F3N8O4/c1-42(2,45)35-9-5-7-30(46-35)39(55)47-32-20-26-23-52(49-31(26)21-29(32)38(43)44)27-12-10-24(11-13-27)22-51-18-16-25(17-19-51)28-6-4-8-33-37(28)50(3)41(57)53(33)34-14-15-36(54)48-40(34)56/h4-9,20-21,23-25,27,34,38H,10-19,22H2,1-3H3,(H,47,55)(H,48,54,56)/t24-,27-,34?. The fraction of sp³-hybridized carbons (Fsp3) is 0.476. The lowest BCUT2D eigenvalue weighted by atomic mass is 9.84. The van der Waals surface area contributed by atoms with Gasteiger partial charge in [-0.15, -0.1) is 0 Å². The number of nitrogens with one attached hydrogen (secondary N) is 2. The molecule has 3 aliphatic rings. The fourth-order valence-corrected chi connectivity index (χ4v) is 9.07. The van der Waals surface area contributed by atoms with Crippen molar-refractivity contribution in [3.05, 3.63) is 87.7 Å². The highest BCUT2D eigenvalue weighted by atomic mass is 19.3. The van der Waals surface area contributed by atoms with Crippen LogP contribution in [-0.2, 0) is 22.3 Å². The number of carbonyl (C=O) groups excluding carboxylic acids is 3. The number of likely N-dealkylation sites (tertiary alicyclic amines) is 1. The maximum absolute atomic E-state index is 14.5. The number of pyridine rings is 1. The highest BCUT2D eigenvalue weighted by molar-refractivity contribution is 6.04. The largest absolute Gasteiger partial charge is 0.329 e. The molecule has 3 aromatic heterocycles. The monoisotopic (exact) mass is 784 g/mol. The molecule has 2 saturated heterocycles. The summed E-state index contributed by atoms with van der Waals surface area (Å²) in [5.41, 5.74) is 0.712. The Morgan fingerprint density at radius 3 is 2.42 bits per heavy atom. The van der Waals surface area contributed by atoms with Gasteiger partial charge in [-0.2, -0.15) is 5.10 Å². The summed E-state index contributed by atoms with van der Waals surface area (Å²) in [6.45, 7) is 5.54. The summed E-state index contributed by atoms with van der Waals surface area (Å²) >= 11 is 0. The quantitative estimate of drug-likeness (QED) is 0.153. The summed E-state index contributed by atoms with van der Waals surface area (Å²) in [5, 5.41) is 10.3. The number of nitrogens with zero attached hydrogens (tertiary/aromatic N) is 6. The number of imidazole rings is 1. The molecule has 1 aliphatic carbocycles. The van der Waals surface area contributed by atoms with Crippen molar-refractivity contribution in [3.63, 3.8) is 0 Å². The fourth-order valence-electron chi connectivity index (χ4n) is 9.07. The number of aryl methyl sites for hydroxylation is 1. The van der Waals surface area contributed by atoms with Crippen molar-refractivity contribution in [2.75, 3.05) is 25.0 Å². The molecule has 15 heteroatoms. The number of rotatable bonds is 9. The number of hydrogen-bond donors (Lipinski definition) is 2. The molecule has 1 unspecified atom stereocenters. The van der Waals surface area contributed by atoms with E-state index >= 15 is 0 Å². The molecule has 0 bridgehead atoms. The predicted octanol–water partition coefficient (Wildman–Crippen LogP) is 7.07. The van der Waals surface area contributed by atoms with Crippen LogP contribution in [0.15, 0.2) is 59.5 Å². The van der Waals surface area contributed by atoms with Gasteiger partial charge < -0.3 is 10.2 Å². The Labute approximate surface area is 327 Å². The average Bonchev–Trinajstić information content (AvgIpc) is 3.72. The Morgan fingerprint density at radius 1 is 0.982 bits per heavy atom. The number of para-hydroxylation sites is 1. The Morgan fingerprint density at radius 2 is 1.72 bits per heavy atom. The second-order valence-electron chi connectivity index (χ2n) is 16.4. The minimum Gasteiger partial charge on any atom is -0.320 e. The summed E-state index contributed by atoms with van der Waals surface area (Å²) in [6, 6.07) is 12.6. The first-order valence-corrected chi connectivity index (χ1v) is 19.8. The molecule has 1 atom stereocenters. The lowest BCUT2D eigenvalue weighted by Gasteiger charge is -2.37. The van der Waals surface area contributed by atoms with Gasteiger partial charge in [-0.05, 0) is 120 Å². The number of benzene rings is 2. The van der Waals surface area contributed by atoms with E-state index in [1.165, 1.54) is 44.2 Å². The molecule has 2 aliphatic heterocycles. The summed E-state index contributed by atoms with van der Waals surface area (Å²) in [6.07, 6.45) is 5.26. The van der Waals surface area contributed by atoms with Gasteiger partial charge in [0.1, 0.15) is 17.4 Å². The van der Waals surface area contributed by atoms with Gasteiger partial charge in [0.15, 0.2) is 0 Å². The third-order valence-corrected chi connectivity index (χ3v) is 12.2. The number of amides is 3. The van der Waals surface area contributed by atoms with E-state index in [-0.39, 0.29) is 52.6 Å². The van der Waals surface area contributed by atoms with Gasteiger partial charge >= 0.3 is 5.69 Å². The summed E-state index contributed by atoms with van der Waals surface area (Å²) in [7, 11) is 1.75. The van der Waals surface area contributed by atoms with Crippen molar-refractivity contribution in [2.45, 2.75) is 95.3 Å². The number of carbonyl (C=O) groups is 3. The molecule has 5 heterocycles. The van der Waals surface area contributed by atoms with Crippen molar-refractivity contribution in [3.8, 4) is 0 Å². The Bertz CT molecular complexity index is 2420. The number of imide groups is 1. The number of alkyl halides is 3. The van der Waals surface area contributed by atoms with Crippen LogP contribution < -0.4 is 16.3 Å². The van der Waals surface area contributed by atoms with Crippen LogP contribution in [-0.4, -0.2) is 66.2 Å². The van der Waals surface area contributed by atoms with E-state index in [1.54, 1.807) is 16.2 Å². The smallest absolute Gasteiger partial charge is 0.320 e. The van der Waals surface area contributed by atoms with E-state index in [0.717, 1.165) is 74.8 Å². The van der Waals surface area contributed by atoms with Gasteiger partial charge in [0.2, 0.25) is 11.8 Å². The Kier molecular flexibility index (Phi) is 10.3. The first-order chi connectivity index (χ1) is 27.2. The van der Waals surface area contributed by atoms with Crippen LogP contribution in [0.25, 0.3) is 21.9 Å². The highest BCUT2D eigenvalue weighted by Crippen LogP contribution is 2.38. The zero-order chi connectivity index (χ0) is 40.2. The maximum Gasteiger partial charge on any atom is 0.329 e. The minimum absolute atomic E-state index is 0.0346. The Hall–Kier alpha value is -5.31. The molecule has 1 saturated carbocycles. The van der Waals surface area contributed by atoms with Gasteiger partial charge in [-0.25, -0.2) is 22.9 Å². The van der Waals surface area contributed by atoms with E-state index < -0.39 is 30.0 Å². The molecule has 5 aromatic rings. The molecular weight excluding hydrogens is 738 g/mol. The van der Waals surface area contributed by atoms with Crippen LogP contribution in [0.2, 0.25) is 0 Å². The number of anilines is 1. The zero-order valence-electron chi connectivity index (χ0n) is 32.3. The zero-order valence-corrected chi connectivity index (χ0v) is 32.3. The number of aromatic nitrogens is 5. The molecular formula is C42H47F3N8O4.